The van der Waals surface area contributed by atoms with Gasteiger partial charge in [0.25, 0.3) is 0 Å². The molecule has 1 aromatic carbocycles. The fourth-order valence-corrected chi connectivity index (χ4v) is 1.61. The number of rotatable bonds is 2. The molecule has 1 unspecified atom stereocenters. The largest absolute Gasteiger partial charge is 0.459 e. The Kier molecular flexibility index (Phi) is 2.98. The quantitative estimate of drug-likeness (QED) is 0.867. The Morgan fingerprint density at radius 2 is 1.88 bits per heavy atom. The van der Waals surface area contributed by atoms with Crippen LogP contribution in [-0.2, 0) is 0 Å². The molecule has 0 fully saturated rings. The zero-order chi connectivity index (χ0) is 12.6. The molecule has 0 aliphatic rings. The number of hydrogen-bond acceptors (Lipinski definition) is 2. The minimum atomic E-state index is -0.640. The predicted octanol–water partition coefficient (Wildman–Crippen LogP) is 3.55. The Hall–Kier alpha value is -1.68. The molecule has 4 heteroatoms. The molecule has 2 nitrogen and oxygen atoms in total. The lowest BCUT2D eigenvalue weighted by Gasteiger charge is -2.05. The van der Waals surface area contributed by atoms with E-state index in [4.69, 9.17) is 10.2 Å². The zero-order valence-electron chi connectivity index (χ0n) is 9.63. The summed E-state index contributed by atoms with van der Waals surface area (Å²) >= 11 is 0. The minimum absolute atomic E-state index is 0.142. The van der Waals surface area contributed by atoms with Crippen molar-refractivity contribution in [3.8, 4) is 11.3 Å². The smallest absolute Gasteiger partial charge is 0.140 e. The van der Waals surface area contributed by atoms with Crippen molar-refractivity contribution in [2.24, 2.45) is 5.73 Å². The number of benzene rings is 1. The summed E-state index contributed by atoms with van der Waals surface area (Å²) in [5, 5.41) is 0. The van der Waals surface area contributed by atoms with Gasteiger partial charge in [0, 0.05) is 0 Å². The molecule has 0 aliphatic carbocycles. The van der Waals surface area contributed by atoms with Crippen LogP contribution in [-0.4, -0.2) is 0 Å². The normalized spacial score (nSPS) is 12.8. The highest BCUT2D eigenvalue weighted by molar-refractivity contribution is 5.60. The molecule has 2 rings (SSSR count). The Balaban J connectivity index is 2.56. The lowest BCUT2D eigenvalue weighted by Crippen LogP contribution is -2.02. The van der Waals surface area contributed by atoms with E-state index in [0.29, 0.717) is 11.3 Å². The maximum atomic E-state index is 13.8. The Labute approximate surface area is 98.0 Å². The van der Waals surface area contributed by atoms with Crippen molar-refractivity contribution in [2.75, 3.05) is 0 Å². The van der Waals surface area contributed by atoms with E-state index in [0.717, 1.165) is 0 Å². The second-order valence-corrected chi connectivity index (χ2v) is 4.04. The maximum Gasteiger partial charge on any atom is 0.140 e. The van der Waals surface area contributed by atoms with E-state index in [2.05, 4.69) is 0 Å². The van der Waals surface area contributed by atoms with Crippen molar-refractivity contribution in [1.82, 2.24) is 0 Å². The lowest BCUT2D eigenvalue weighted by atomic mass is 10.1. The van der Waals surface area contributed by atoms with Crippen molar-refractivity contribution in [3.63, 3.8) is 0 Å². The van der Waals surface area contributed by atoms with Gasteiger partial charge in [-0.3, -0.25) is 0 Å². The van der Waals surface area contributed by atoms with Gasteiger partial charge in [0.1, 0.15) is 23.2 Å². The van der Waals surface area contributed by atoms with Crippen LogP contribution in [0, 0.1) is 18.6 Å². The maximum absolute atomic E-state index is 13.8. The van der Waals surface area contributed by atoms with Crippen molar-refractivity contribution in [2.45, 2.75) is 19.9 Å². The van der Waals surface area contributed by atoms with Crippen molar-refractivity contribution in [3.05, 3.63) is 47.2 Å². The highest BCUT2D eigenvalue weighted by atomic mass is 19.1. The zero-order valence-corrected chi connectivity index (χ0v) is 9.63. The molecule has 1 aromatic heterocycles. The minimum Gasteiger partial charge on any atom is -0.459 e. The fourth-order valence-electron chi connectivity index (χ4n) is 1.61. The molecular formula is C13H13F2NO. The molecule has 1 atom stereocenters. The summed E-state index contributed by atoms with van der Waals surface area (Å²) in [6.45, 7) is 3.32. The van der Waals surface area contributed by atoms with E-state index in [1.807, 2.05) is 0 Å². The average molecular weight is 237 g/mol. The molecule has 2 aromatic rings. The number of aryl methyl sites for hydroxylation is 1. The molecule has 2 N–H and O–H groups in total. The second-order valence-electron chi connectivity index (χ2n) is 4.04. The first kappa shape index (κ1) is 11.8. The van der Waals surface area contributed by atoms with E-state index in [1.165, 1.54) is 18.2 Å². The highest BCUT2D eigenvalue weighted by Gasteiger charge is 2.17. The first-order valence-corrected chi connectivity index (χ1v) is 5.31. The molecule has 17 heavy (non-hydrogen) atoms. The number of nitrogens with two attached hydrogens (primary N) is 1. The third-order valence-corrected chi connectivity index (χ3v) is 2.61. The van der Waals surface area contributed by atoms with Crippen LogP contribution in [0.3, 0.4) is 0 Å². The van der Waals surface area contributed by atoms with Gasteiger partial charge in [-0.1, -0.05) is 6.07 Å². The van der Waals surface area contributed by atoms with Gasteiger partial charge in [-0.05, 0) is 37.6 Å². The number of furan rings is 1. The molecule has 0 saturated carbocycles. The van der Waals surface area contributed by atoms with Crippen LogP contribution in [0.5, 0.6) is 0 Å². The molecule has 0 aliphatic heterocycles. The predicted molar refractivity (Wildman–Crippen MR) is 61.4 cm³/mol. The molecule has 1 heterocycles. The number of halogens is 2. The summed E-state index contributed by atoms with van der Waals surface area (Å²) in [6.07, 6.45) is 0. The van der Waals surface area contributed by atoms with E-state index in [1.54, 1.807) is 19.9 Å². The summed E-state index contributed by atoms with van der Waals surface area (Å²) in [4.78, 5) is 0. The van der Waals surface area contributed by atoms with Crippen LogP contribution in [0.1, 0.15) is 24.3 Å². The van der Waals surface area contributed by atoms with Crippen LogP contribution in [0.2, 0.25) is 0 Å². The lowest BCUT2D eigenvalue weighted by molar-refractivity contribution is 0.482. The number of hydrogen-bond donors (Lipinski definition) is 1. The monoisotopic (exact) mass is 237 g/mol. The SMILES string of the molecule is Cc1ccc(F)c(-c2ccc(C(C)N)o2)c1F. The third kappa shape index (κ3) is 2.08. The van der Waals surface area contributed by atoms with Crippen LogP contribution < -0.4 is 5.73 Å². The van der Waals surface area contributed by atoms with Crippen LogP contribution >= 0.6 is 0 Å². The second kappa shape index (κ2) is 4.30. The summed E-state index contributed by atoms with van der Waals surface area (Å²) in [7, 11) is 0. The van der Waals surface area contributed by atoms with Gasteiger partial charge < -0.3 is 10.2 Å². The third-order valence-electron chi connectivity index (χ3n) is 2.61. The van der Waals surface area contributed by atoms with Crippen molar-refractivity contribution >= 4 is 0 Å². The first-order valence-electron chi connectivity index (χ1n) is 5.31. The molecule has 0 amide bonds. The van der Waals surface area contributed by atoms with E-state index >= 15 is 0 Å². The fraction of sp³-hybridized carbons (Fsp3) is 0.231. The Morgan fingerprint density at radius 3 is 2.47 bits per heavy atom. The summed E-state index contributed by atoms with van der Waals surface area (Å²) in [6, 6.07) is 5.46. The Bertz CT molecular complexity index is 546. The van der Waals surface area contributed by atoms with Gasteiger partial charge >= 0.3 is 0 Å². The van der Waals surface area contributed by atoms with Gasteiger partial charge in [0.2, 0.25) is 0 Å². The molecule has 0 saturated heterocycles. The molecule has 90 valence electrons. The van der Waals surface area contributed by atoms with E-state index in [9.17, 15) is 8.78 Å². The molecule has 0 bridgehead atoms. The van der Waals surface area contributed by atoms with E-state index in [-0.39, 0.29) is 17.4 Å². The highest BCUT2D eigenvalue weighted by Crippen LogP contribution is 2.30. The van der Waals surface area contributed by atoms with Gasteiger partial charge in [-0.2, -0.15) is 0 Å². The van der Waals surface area contributed by atoms with E-state index < -0.39 is 11.6 Å². The van der Waals surface area contributed by atoms with Gasteiger partial charge in [-0.15, -0.1) is 0 Å². The molecular weight excluding hydrogens is 224 g/mol. The Morgan fingerprint density at radius 1 is 1.18 bits per heavy atom. The van der Waals surface area contributed by atoms with Gasteiger partial charge in [0.05, 0.1) is 11.6 Å². The van der Waals surface area contributed by atoms with Crippen LogP contribution in [0.4, 0.5) is 8.78 Å². The first-order chi connectivity index (χ1) is 8.00. The average Bonchev–Trinajstić information content (AvgIpc) is 2.73. The summed E-state index contributed by atoms with van der Waals surface area (Å²) in [5.41, 5.74) is 5.86. The molecule has 0 spiro atoms. The topological polar surface area (TPSA) is 39.2 Å². The van der Waals surface area contributed by atoms with Gasteiger partial charge in [-0.25, -0.2) is 8.78 Å². The van der Waals surface area contributed by atoms with Crippen LogP contribution in [0.25, 0.3) is 11.3 Å². The standard InChI is InChI=1S/C13H13F2NO/c1-7-3-4-9(14)12(13(7)15)11-6-5-10(17-11)8(2)16/h3-6,8H,16H2,1-2H3. The summed E-state index contributed by atoms with van der Waals surface area (Å²) < 4.78 is 32.8. The van der Waals surface area contributed by atoms with Crippen molar-refractivity contribution < 1.29 is 13.2 Å². The summed E-state index contributed by atoms with van der Waals surface area (Å²) in [5.74, 6) is -0.578. The van der Waals surface area contributed by atoms with Crippen molar-refractivity contribution in [1.29, 1.82) is 0 Å². The molecule has 0 radical (unpaired) electrons. The van der Waals surface area contributed by atoms with Gasteiger partial charge in [0.15, 0.2) is 0 Å². The van der Waals surface area contributed by atoms with Crippen LogP contribution in [0.15, 0.2) is 28.7 Å².